The summed E-state index contributed by atoms with van der Waals surface area (Å²) in [5.41, 5.74) is 1.81. The van der Waals surface area contributed by atoms with E-state index in [2.05, 4.69) is 20.1 Å². The third kappa shape index (κ3) is 2.90. The number of fused-ring (bicyclic) bond motifs is 2. The maximum atomic E-state index is 14.0. The van der Waals surface area contributed by atoms with Crippen molar-refractivity contribution in [1.29, 1.82) is 0 Å². The minimum absolute atomic E-state index is 0.0322. The highest BCUT2D eigenvalue weighted by Gasteiger charge is 2.50. The standard InChI is InChI=1S/C21H23FN6O/c1-26(2)21(29)28-11-14-10-27(20-16-9-24-25-18(16)6-7-23-20)12-17(14)19(28)13-4-3-5-15(22)8-13/h3-9,14,17,19H,10-12H2,1-2H3,(H,24,25)/t14-,17-,19-/m1/s1. The van der Waals surface area contributed by atoms with E-state index in [1.165, 1.54) is 6.07 Å². The number of carbonyl (C=O) groups excluding carboxylic acids is 1. The van der Waals surface area contributed by atoms with Gasteiger partial charge in [0.25, 0.3) is 0 Å². The number of H-pyrrole nitrogens is 1. The van der Waals surface area contributed by atoms with E-state index < -0.39 is 0 Å². The van der Waals surface area contributed by atoms with Gasteiger partial charge in [-0.15, -0.1) is 0 Å². The molecule has 1 aromatic carbocycles. The largest absolute Gasteiger partial charge is 0.355 e. The van der Waals surface area contributed by atoms with Gasteiger partial charge in [-0.3, -0.25) is 5.10 Å². The third-order valence-corrected chi connectivity index (χ3v) is 6.13. The Balaban J connectivity index is 1.50. The molecule has 2 amide bonds. The first-order valence-corrected chi connectivity index (χ1v) is 9.79. The van der Waals surface area contributed by atoms with E-state index in [0.29, 0.717) is 12.5 Å². The lowest BCUT2D eigenvalue weighted by molar-refractivity contribution is 0.159. The lowest BCUT2D eigenvalue weighted by Crippen LogP contribution is -2.41. The number of carbonyl (C=O) groups is 1. The van der Waals surface area contributed by atoms with E-state index in [9.17, 15) is 9.18 Å². The molecule has 0 unspecified atom stereocenters. The van der Waals surface area contributed by atoms with Crippen LogP contribution in [0.1, 0.15) is 11.6 Å². The first-order valence-electron chi connectivity index (χ1n) is 9.79. The van der Waals surface area contributed by atoms with Gasteiger partial charge in [0.05, 0.1) is 23.1 Å². The fourth-order valence-corrected chi connectivity index (χ4v) is 4.89. The number of rotatable bonds is 2. The van der Waals surface area contributed by atoms with Crippen LogP contribution in [0.3, 0.4) is 0 Å². The predicted molar refractivity (Wildman–Crippen MR) is 108 cm³/mol. The molecule has 1 N–H and O–H groups in total. The van der Waals surface area contributed by atoms with Crippen molar-refractivity contribution in [3.63, 3.8) is 0 Å². The quantitative estimate of drug-likeness (QED) is 0.726. The molecule has 8 heteroatoms. The summed E-state index contributed by atoms with van der Waals surface area (Å²) in [6, 6.07) is 8.37. The van der Waals surface area contributed by atoms with Crippen LogP contribution in [0, 0.1) is 17.7 Å². The van der Waals surface area contributed by atoms with Crippen molar-refractivity contribution >= 4 is 22.8 Å². The highest BCUT2D eigenvalue weighted by Crippen LogP contribution is 2.46. The number of likely N-dealkylation sites (tertiary alicyclic amines) is 1. The maximum Gasteiger partial charge on any atom is 0.320 e. The fraction of sp³-hybridized carbons (Fsp3) is 0.381. The Morgan fingerprint density at radius 2 is 2.10 bits per heavy atom. The maximum absolute atomic E-state index is 14.0. The second-order valence-electron chi connectivity index (χ2n) is 8.12. The Bertz CT molecular complexity index is 1070. The zero-order chi connectivity index (χ0) is 20.1. The molecule has 2 aliphatic rings. The monoisotopic (exact) mass is 394 g/mol. The molecule has 5 rings (SSSR count). The van der Waals surface area contributed by atoms with E-state index in [0.717, 1.165) is 35.4 Å². The first-order chi connectivity index (χ1) is 14.0. The van der Waals surface area contributed by atoms with Crippen LogP contribution in [-0.2, 0) is 0 Å². The van der Waals surface area contributed by atoms with Crippen LogP contribution in [0.4, 0.5) is 15.0 Å². The van der Waals surface area contributed by atoms with E-state index >= 15 is 0 Å². The lowest BCUT2D eigenvalue weighted by atomic mass is 9.89. The SMILES string of the molecule is CN(C)C(=O)N1C[C@H]2CN(c3nccc4[nH]ncc34)C[C@H]2[C@H]1c1cccc(F)c1. The number of hydrogen-bond acceptors (Lipinski definition) is 4. The fourth-order valence-electron chi connectivity index (χ4n) is 4.89. The molecule has 0 radical (unpaired) electrons. The third-order valence-electron chi connectivity index (χ3n) is 6.13. The van der Waals surface area contributed by atoms with Gasteiger partial charge in [-0.25, -0.2) is 14.2 Å². The van der Waals surface area contributed by atoms with Crippen LogP contribution in [0.2, 0.25) is 0 Å². The van der Waals surface area contributed by atoms with Crippen LogP contribution >= 0.6 is 0 Å². The van der Waals surface area contributed by atoms with Gasteiger partial charge in [-0.1, -0.05) is 12.1 Å². The van der Waals surface area contributed by atoms with Crippen LogP contribution in [0.15, 0.2) is 42.7 Å². The number of aromatic nitrogens is 3. The number of nitrogens with zero attached hydrogens (tertiary/aromatic N) is 5. The average molecular weight is 394 g/mol. The van der Waals surface area contributed by atoms with E-state index in [1.807, 2.05) is 17.0 Å². The molecule has 0 bridgehead atoms. The van der Waals surface area contributed by atoms with Gasteiger partial charge < -0.3 is 14.7 Å². The summed E-state index contributed by atoms with van der Waals surface area (Å²) in [5.74, 6) is 1.15. The summed E-state index contributed by atoms with van der Waals surface area (Å²) in [4.78, 5) is 23.2. The number of aromatic amines is 1. The minimum Gasteiger partial charge on any atom is -0.355 e. The van der Waals surface area contributed by atoms with Crippen molar-refractivity contribution in [2.24, 2.45) is 11.8 Å². The molecule has 4 heterocycles. The number of hydrogen-bond donors (Lipinski definition) is 1. The highest BCUT2D eigenvalue weighted by atomic mass is 19.1. The number of anilines is 1. The molecule has 3 atom stereocenters. The van der Waals surface area contributed by atoms with Gasteiger partial charge in [0.2, 0.25) is 0 Å². The molecule has 0 aliphatic carbocycles. The molecule has 3 aromatic rings. The Morgan fingerprint density at radius 3 is 2.90 bits per heavy atom. The van der Waals surface area contributed by atoms with Crippen LogP contribution in [0.25, 0.3) is 10.9 Å². The zero-order valence-corrected chi connectivity index (χ0v) is 16.4. The Labute approximate surface area is 168 Å². The summed E-state index contributed by atoms with van der Waals surface area (Å²) >= 11 is 0. The molecule has 2 saturated heterocycles. The number of halogens is 1. The summed E-state index contributed by atoms with van der Waals surface area (Å²) in [5, 5.41) is 8.13. The van der Waals surface area contributed by atoms with Gasteiger partial charge in [0.1, 0.15) is 11.6 Å². The second-order valence-corrected chi connectivity index (χ2v) is 8.12. The smallest absolute Gasteiger partial charge is 0.320 e. The van der Waals surface area contributed by atoms with Gasteiger partial charge in [-0.05, 0) is 23.8 Å². The molecule has 2 aromatic heterocycles. The van der Waals surface area contributed by atoms with Crippen molar-refractivity contribution in [2.75, 3.05) is 38.6 Å². The average Bonchev–Trinajstić information content (AvgIpc) is 3.40. The molecular weight excluding hydrogens is 371 g/mol. The van der Waals surface area contributed by atoms with Crippen LogP contribution in [-0.4, -0.2) is 64.7 Å². The Kier molecular flexibility index (Phi) is 4.15. The second kappa shape index (κ2) is 6.72. The normalized spacial score (nSPS) is 23.6. The predicted octanol–water partition coefficient (Wildman–Crippen LogP) is 2.89. The summed E-state index contributed by atoms with van der Waals surface area (Å²) < 4.78 is 14.0. The molecular formula is C21H23FN6O. The van der Waals surface area contributed by atoms with Crippen molar-refractivity contribution < 1.29 is 9.18 Å². The molecule has 0 spiro atoms. The van der Waals surface area contributed by atoms with Crippen LogP contribution in [0.5, 0.6) is 0 Å². The van der Waals surface area contributed by atoms with Gasteiger partial charge >= 0.3 is 6.03 Å². The summed E-state index contributed by atoms with van der Waals surface area (Å²) in [6.07, 6.45) is 3.59. The molecule has 2 aliphatic heterocycles. The number of pyridine rings is 1. The number of nitrogens with one attached hydrogen (secondary N) is 1. The number of benzene rings is 1. The van der Waals surface area contributed by atoms with Crippen molar-refractivity contribution in [2.45, 2.75) is 6.04 Å². The molecule has 2 fully saturated rings. The summed E-state index contributed by atoms with van der Waals surface area (Å²) in [7, 11) is 3.52. The van der Waals surface area contributed by atoms with Crippen molar-refractivity contribution in [3.05, 3.63) is 54.1 Å². The summed E-state index contributed by atoms with van der Waals surface area (Å²) in [6.45, 7) is 2.23. The Hall–Kier alpha value is -3.16. The zero-order valence-electron chi connectivity index (χ0n) is 16.4. The first kappa shape index (κ1) is 17.9. The molecule has 150 valence electrons. The molecule has 7 nitrogen and oxygen atoms in total. The van der Waals surface area contributed by atoms with E-state index in [-0.39, 0.29) is 23.8 Å². The van der Waals surface area contributed by atoms with E-state index in [4.69, 9.17) is 0 Å². The number of amides is 2. The van der Waals surface area contributed by atoms with Crippen LogP contribution < -0.4 is 4.90 Å². The molecule has 0 saturated carbocycles. The highest BCUT2D eigenvalue weighted by molar-refractivity contribution is 5.89. The van der Waals surface area contributed by atoms with Gasteiger partial charge in [0.15, 0.2) is 0 Å². The topological polar surface area (TPSA) is 68.4 Å². The Morgan fingerprint density at radius 1 is 1.24 bits per heavy atom. The van der Waals surface area contributed by atoms with Crippen molar-refractivity contribution in [3.8, 4) is 0 Å². The van der Waals surface area contributed by atoms with Crippen molar-refractivity contribution in [1.82, 2.24) is 25.0 Å². The van der Waals surface area contributed by atoms with Gasteiger partial charge in [0, 0.05) is 51.8 Å². The number of urea groups is 1. The lowest BCUT2D eigenvalue weighted by Gasteiger charge is -2.32. The molecule has 29 heavy (non-hydrogen) atoms. The minimum atomic E-state index is -0.275. The van der Waals surface area contributed by atoms with E-state index in [1.54, 1.807) is 43.5 Å². The van der Waals surface area contributed by atoms with Gasteiger partial charge in [-0.2, -0.15) is 5.10 Å².